The molecule has 178 valence electrons. The maximum absolute atomic E-state index is 9.53. The summed E-state index contributed by atoms with van der Waals surface area (Å²) >= 11 is 0. The third-order valence-corrected chi connectivity index (χ3v) is 6.53. The molecule has 0 bridgehead atoms. The van der Waals surface area contributed by atoms with E-state index >= 15 is 0 Å². The van der Waals surface area contributed by atoms with Crippen molar-refractivity contribution in [2.24, 2.45) is 5.92 Å². The highest BCUT2D eigenvalue weighted by Gasteiger charge is 2.21. The molecule has 3 heterocycles. The molecular weight excluding hydrogens is 428 g/mol. The summed E-state index contributed by atoms with van der Waals surface area (Å²) in [6, 6.07) is 16.8. The van der Waals surface area contributed by atoms with Crippen LogP contribution in [0.1, 0.15) is 29.5 Å². The van der Waals surface area contributed by atoms with Crippen molar-refractivity contribution in [3.8, 4) is 17.5 Å². The van der Waals surface area contributed by atoms with Crippen molar-refractivity contribution in [1.29, 1.82) is 0 Å². The van der Waals surface area contributed by atoms with E-state index in [1.165, 1.54) is 16.7 Å². The van der Waals surface area contributed by atoms with E-state index in [0.29, 0.717) is 18.5 Å². The van der Waals surface area contributed by atoms with Crippen molar-refractivity contribution >= 4 is 0 Å². The fourth-order valence-corrected chi connectivity index (χ4v) is 4.80. The molecule has 2 aromatic carbocycles. The Balaban J connectivity index is 1.21. The Morgan fingerprint density at radius 2 is 1.76 bits per heavy atom. The Morgan fingerprint density at radius 1 is 0.971 bits per heavy atom. The Bertz CT molecular complexity index is 1060. The van der Waals surface area contributed by atoms with Crippen LogP contribution in [0.2, 0.25) is 0 Å². The Kier molecular flexibility index (Phi) is 7.34. The van der Waals surface area contributed by atoms with Gasteiger partial charge < -0.3 is 14.6 Å². The van der Waals surface area contributed by atoms with E-state index in [1.54, 1.807) is 18.5 Å². The van der Waals surface area contributed by atoms with E-state index in [-0.39, 0.29) is 6.61 Å². The Labute approximate surface area is 201 Å². The molecular formula is C27H32N4O3. The number of fused-ring (bicyclic) bond motifs is 1. The van der Waals surface area contributed by atoms with Crippen LogP contribution in [0.5, 0.6) is 17.5 Å². The molecule has 34 heavy (non-hydrogen) atoms. The second kappa shape index (κ2) is 11.0. The van der Waals surface area contributed by atoms with E-state index in [9.17, 15) is 5.11 Å². The molecule has 0 radical (unpaired) electrons. The number of likely N-dealkylation sites (tertiary alicyclic amines) is 1. The predicted molar refractivity (Wildman–Crippen MR) is 130 cm³/mol. The normalized spacial score (nSPS) is 19.1. The number of aliphatic hydroxyl groups excluding tert-OH is 1. The lowest BCUT2D eigenvalue weighted by atomic mass is 9.98. The average Bonchev–Trinajstić information content (AvgIpc) is 3.07. The van der Waals surface area contributed by atoms with E-state index < -0.39 is 0 Å². The number of hydrogen-bond donors (Lipinski definition) is 1. The number of aliphatic hydroxyl groups is 1. The summed E-state index contributed by atoms with van der Waals surface area (Å²) in [6.07, 6.45) is 5.63. The summed E-state index contributed by atoms with van der Waals surface area (Å²) in [4.78, 5) is 13.1. The number of rotatable bonds is 7. The largest absolute Gasteiger partial charge is 0.492 e. The van der Waals surface area contributed by atoms with Crippen molar-refractivity contribution < 1.29 is 14.6 Å². The van der Waals surface area contributed by atoms with Gasteiger partial charge in [0, 0.05) is 57.3 Å². The molecule has 1 N–H and O–H groups in total. The molecule has 0 saturated carbocycles. The van der Waals surface area contributed by atoms with Gasteiger partial charge in [0.15, 0.2) is 0 Å². The van der Waals surface area contributed by atoms with Crippen LogP contribution in [0.25, 0.3) is 0 Å². The summed E-state index contributed by atoms with van der Waals surface area (Å²) in [5, 5.41) is 9.53. The monoisotopic (exact) mass is 460 g/mol. The second-order valence-electron chi connectivity index (χ2n) is 9.20. The standard InChI is InChI=1S/C27H32N4O3/c32-20-23-3-1-12-30(18-23)17-22-6-9-26-24(15-22)19-31(13-14-33-26)16-21-4-7-25(8-5-21)34-27-28-10-2-11-29-27/h2,4-11,15,23,32H,1,3,12-14,16-20H2. The SMILES string of the molecule is OCC1CCCN(Cc2ccc3c(c2)CN(Cc2ccc(Oc4ncccn4)cc2)CCO3)C1. The second-order valence-corrected chi connectivity index (χ2v) is 9.20. The Morgan fingerprint density at radius 3 is 2.59 bits per heavy atom. The zero-order valence-electron chi connectivity index (χ0n) is 19.5. The van der Waals surface area contributed by atoms with E-state index in [2.05, 4.69) is 50.1 Å². The first-order valence-electron chi connectivity index (χ1n) is 12.1. The molecule has 0 spiro atoms. The smallest absolute Gasteiger partial charge is 0.321 e. The number of ether oxygens (including phenoxy) is 2. The Hall–Kier alpha value is -3.00. The van der Waals surface area contributed by atoms with Gasteiger partial charge in [-0.2, -0.15) is 0 Å². The minimum absolute atomic E-state index is 0.288. The van der Waals surface area contributed by atoms with Gasteiger partial charge in [-0.1, -0.05) is 18.2 Å². The minimum Gasteiger partial charge on any atom is -0.492 e. The zero-order valence-corrected chi connectivity index (χ0v) is 19.5. The molecule has 1 atom stereocenters. The van der Waals surface area contributed by atoms with Crippen molar-refractivity contribution in [1.82, 2.24) is 19.8 Å². The molecule has 0 amide bonds. The molecule has 5 rings (SSSR count). The third-order valence-electron chi connectivity index (χ3n) is 6.53. The van der Waals surface area contributed by atoms with Crippen LogP contribution in [-0.4, -0.2) is 57.7 Å². The maximum Gasteiger partial charge on any atom is 0.321 e. The minimum atomic E-state index is 0.288. The lowest BCUT2D eigenvalue weighted by Gasteiger charge is -2.32. The predicted octanol–water partition coefficient (Wildman–Crippen LogP) is 3.87. The molecule has 3 aromatic rings. The van der Waals surface area contributed by atoms with Crippen LogP contribution in [-0.2, 0) is 19.6 Å². The summed E-state index contributed by atoms with van der Waals surface area (Å²) in [5.41, 5.74) is 3.78. The third kappa shape index (κ3) is 5.91. The van der Waals surface area contributed by atoms with Crippen LogP contribution in [0.4, 0.5) is 0 Å². The first-order chi connectivity index (χ1) is 16.7. The molecule has 1 saturated heterocycles. The van der Waals surface area contributed by atoms with Gasteiger partial charge in [0.1, 0.15) is 18.1 Å². The highest BCUT2D eigenvalue weighted by molar-refractivity contribution is 5.38. The van der Waals surface area contributed by atoms with E-state index in [1.807, 2.05) is 12.1 Å². The summed E-state index contributed by atoms with van der Waals surface area (Å²) in [5.74, 6) is 2.13. The van der Waals surface area contributed by atoms with Gasteiger partial charge in [0.05, 0.1) is 0 Å². The quantitative estimate of drug-likeness (QED) is 0.574. The molecule has 1 aromatic heterocycles. The zero-order chi connectivity index (χ0) is 23.2. The van der Waals surface area contributed by atoms with Gasteiger partial charge in [-0.05, 0) is 66.8 Å². The van der Waals surface area contributed by atoms with Crippen LogP contribution >= 0.6 is 0 Å². The van der Waals surface area contributed by atoms with Crippen molar-refractivity contribution in [3.05, 3.63) is 77.6 Å². The van der Waals surface area contributed by atoms with Crippen LogP contribution in [0, 0.1) is 5.92 Å². The van der Waals surface area contributed by atoms with Gasteiger partial charge in [-0.25, -0.2) is 9.97 Å². The molecule has 2 aliphatic heterocycles. The van der Waals surface area contributed by atoms with Gasteiger partial charge in [0.2, 0.25) is 0 Å². The molecule has 1 unspecified atom stereocenters. The summed E-state index contributed by atoms with van der Waals surface area (Å²) in [6.45, 7) is 6.57. The lowest BCUT2D eigenvalue weighted by Crippen LogP contribution is -2.36. The van der Waals surface area contributed by atoms with Gasteiger partial charge in [-0.15, -0.1) is 0 Å². The molecule has 1 fully saturated rings. The lowest BCUT2D eigenvalue weighted by molar-refractivity contribution is 0.116. The van der Waals surface area contributed by atoms with Crippen LogP contribution < -0.4 is 9.47 Å². The number of piperidine rings is 1. The summed E-state index contributed by atoms with van der Waals surface area (Å²) in [7, 11) is 0. The van der Waals surface area contributed by atoms with E-state index in [4.69, 9.17) is 9.47 Å². The topological polar surface area (TPSA) is 71.0 Å². The number of aromatic nitrogens is 2. The van der Waals surface area contributed by atoms with Crippen molar-refractivity contribution in [2.75, 3.05) is 32.8 Å². The van der Waals surface area contributed by atoms with E-state index in [0.717, 1.165) is 63.6 Å². The summed E-state index contributed by atoms with van der Waals surface area (Å²) < 4.78 is 11.8. The highest BCUT2D eigenvalue weighted by Crippen LogP contribution is 2.27. The first-order valence-corrected chi connectivity index (χ1v) is 12.1. The van der Waals surface area contributed by atoms with Crippen LogP contribution in [0.15, 0.2) is 60.9 Å². The molecule has 0 aliphatic carbocycles. The van der Waals surface area contributed by atoms with Gasteiger partial charge >= 0.3 is 6.01 Å². The van der Waals surface area contributed by atoms with Crippen molar-refractivity contribution in [2.45, 2.75) is 32.5 Å². The number of nitrogens with zero attached hydrogens (tertiary/aromatic N) is 4. The number of benzene rings is 2. The highest BCUT2D eigenvalue weighted by atomic mass is 16.5. The van der Waals surface area contributed by atoms with Crippen LogP contribution in [0.3, 0.4) is 0 Å². The van der Waals surface area contributed by atoms with Gasteiger partial charge in [0.25, 0.3) is 0 Å². The fraction of sp³-hybridized carbons (Fsp3) is 0.407. The number of hydrogen-bond acceptors (Lipinski definition) is 7. The van der Waals surface area contributed by atoms with Gasteiger partial charge in [-0.3, -0.25) is 9.80 Å². The fourth-order valence-electron chi connectivity index (χ4n) is 4.80. The molecule has 7 heteroatoms. The molecule has 7 nitrogen and oxygen atoms in total. The molecule has 2 aliphatic rings. The maximum atomic E-state index is 9.53. The van der Waals surface area contributed by atoms with Crippen molar-refractivity contribution in [3.63, 3.8) is 0 Å². The average molecular weight is 461 g/mol. The first kappa shape index (κ1) is 22.8.